The van der Waals surface area contributed by atoms with Crippen molar-refractivity contribution in [3.63, 3.8) is 0 Å². The van der Waals surface area contributed by atoms with Gasteiger partial charge in [-0.15, -0.1) is 11.6 Å². The zero-order valence-electron chi connectivity index (χ0n) is 12.3. The third-order valence-electron chi connectivity index (χ3n) is 3.49. The van der Waals surface area contributed by atoms with Crippen molar-refractivity contribution in [2.24, 2.45) is 0 Å². The minimum absolute atomic E-state index is 0.127. The SMILES string of the molecule is COc1ccc(-n2c(C(C)Cl)nc3ccccc3c2=O)cc1. The highest BCUT2D eigenvalue weighted by Gasteiger charge is 2.16. The second-order valence-electron chi connectivity index (χ2n) is 4.94. The third-order valence-corrected chi connectivity index (χ3v) is 3.68. The molecule has 0 radical (unpaired) electrons. The van der Waals surface area contributed by atoms with E-state index in [-0.39, 0.29) is 10.9 Å². The molecular formula is C17H15ClN2O2. The molecule has 112 valence electrons. The van der Waals surface area contributed by atoms with Crippen LogP contribution in [0.3, 0.4) is 0 Å². The maximum atomic E-state index is 12.8. The van der Waals surface area contributed by atoms with Crippen LogP contribution in [0.1, 0.15) is 18.1 Å². The molecule has 0 bridgehead atoms. The lowest BCUT2D eigenvalue weighted by Gasteiger charge is -2.15. The number of fused-ring (bicyclic) bond motifs is 1. The Morgan fingerprint density at radius 2 is 1.82 bits per heavy atom. The summed E-state index contributed by atoms with van der Waals surface area (Å²) in [6, 6.07) is 14.5. The first-order valence-electron chi connectivity index (χ1n) is 6.92. The van der Waals surface area contributed by atoms with E-state index in [4.69, 9.17) is 16.3 Å². The average Bonchev–Trinajstić information content (AvgIpc) is 2.55. The Bertz CT molecular complexity index is 870. The van der Waals surface area contributed by atoms with Crippen molar-refractivity contribution >= 4 is 22.5 Å². The van der Waals surface area contributed by atoms with Crippen LogP contribution in [-0.2, 0) is 0 Å². The van der Waals surface area contributed by atoms with Gasteiger partial charge in [0.2, 0.25) is 0 Å². The number of hydrogen-bond acceptors (Lipinski definition) is 3. The molecule has 5 heteroatoms. The highest BCUT2D eigenvalue weighted by molar-refractivity contribution is 6.20. The van der Waals surface area contributed by atoms with Gasteiger partial charge in [0.15, 0.2) is 0 Å². The first-order chi connectivity index (χ1) is 10.6. The third kappa shape index (κ3) is 2.46. The zero-order chi connectivity index (χ0) is 15.7. The summed E-state index contributed by atoms with van der Waals surface area (Å²) >= 11 is 6.24. The van der Waals surface area contributed by atoms with E-state index in [1.807, 2.05) is 30.3 Å². The molecule has 0 saturated heterocycles. The molecule has 0 aliphatic rings. The Morgan fingerprint density at radius 1 is 1.14 bits per heavy atom. The van der Waals surface area contributed by atoms with E-state index in [9.17, 15) is 4.79 Å². The van der Waals surface area contributed by atoms with Gasteiger partial charge in [0.05, 0.1) is 29.1 Å². The topological polar surface area (TPSA) is 44.1 Å². The number of aromatic nitrogens is 2. The van der Waals surface area contributed by atoms with Crippen LogP contribution in [0.4, 0.5) is 0 Å². The molecule has 1 heterocycles. The predicted octanol–water partition coefficient (Wildman–Crippen LogP) is 3.69. The van der Waals surface area contributed by atoms with E-state index in [1.165, 1.54) is 0 Å². The van der Waals surface area contributed by atoms with E-state index >= 15 is 0 Å². The van der Waals surface area contributed by atoms with Gasteiger partial charge >= 0.3 is 0 Å². The van der Waals surface area contributed by atoms with Crippen LogP contribution in [-0.4, -0.2) is 16.7 Å². The molecule has 4 nitrogen and oxygen atoms in total. The molecule has 22 heavy (non-hydrogen) atoms. The molecule has 0 aliphatic heterocycles. The minimum Gasteiger partial charge on any atom is -0.497 e. The Balaban J connectivity index is 2.32. The van der Waals surface area contributed by atoms with Gasteiger partial charge in [-0.25, -0.2) is 4.98 Å². The van der Waals surface area contributed by atoms with Crippen LogP contribution in [0.2, 0.25) is 0 Å². The summed E-state index contributed by atoms with van der Waals surface area (Å²) in [6.07, 6.45) is 0. The molecule has 1 aromatic heterocycles. The number of para-hydroxylation sites is 1. The second kappa shape index (κ2) is 5.81. The van der Waals surface area contributed by atoms with Gasteiger partial charge in [-0.1, -0.05) is 12.1 Å². The summed E-state index contributed by atoms with van der Waals surface area (Å²) in [4.78, 5) is 17.4. The zero-order valence-corrected chi connectivity index (χ0v) is 13.0. The van der Waals surface area contributed by atoms with E-state index in [1.54, 1.807) is 36.8 Å². The smallest absolute Gasteiger partial charge is 0.266 e. The van der Waals surface area contributed by atoms with E-state index in [0.29, 0.717) is 22.4 Å². The van der Waals surface area contributed by atoms with E-state index < -0.39 is 0 Å². The fraction of sp³-hybridized carbons (Fsp3) is 0.176. The van der Waals surface area contributed by atoms with Crippen LogP contribution < -0.4 is 10.3 Å². The monoisotopic (exact) mass is 314 g/mol. The lowest BCUT2D eigenvalue weighted by atomic mass is 10.2. The number of alkyl halides is 1. The molecule has 0 N–H and O–H groups in total. The summed E-state index contributed by atoms with van der Waals surface area (Å²) in [6.45, 7) is 1.80. The number of rotatable bonds is 3. The first kappa shape index (κ1) is 14.6. The van der Waals surface area contributed by atoms with Gasteiger partial charge in [0, 0.05) is 0 Å². The quantitative estimate of drug-likeness (QED) is 0.692. The van der Waals surface area contributed by atoms with Crippen molar-refractivity contribution in [3.05, 3.63) is 64.7 Å². The Morgan fingerprint density at radius 3 is 2.45 bits per heavy atom. The van der Waals surface area contributed by atoms with Gasteiger partial charge in [0.25, 0.3) is 5.56 Å². The van der Waals surface area contributed by atoms with Gasteiger partial charge in [-0.3, -0.25) is 9.36 Å². The molecule has 3 rings (SSSR count). The fourth-order valence-corrected chi connectivity index (χ4v) is 2.54. The maximum Gasteiger partial charge on any atom is 0.266 e. The highest BCUT2D eigenvalue weighted by atomic mass is 35.5. The second-order valence-corrected chi connectivity index (χ2v) is 5.60. The van der Waals surface area contributed by atoms with Crippen molar-refractivity contribution in [1.29, 1.82) is 0 Å². The molecule has 0 spiro atoms. The van der Waals surface area contributed by atoms with Gasteiger partial charge in [-0.05, 0) is 43.3 Å². The molecule has 0 saturated carbocycles. The number of nitrogens with zero attached hydrogens (tertiary/aromatic N) is 2. The Hall–Kier alpha value is -2.33. The number of methoxy groups -OCH3 is 1. The summed E-state index contributed by atoms with van der Waals surface area (Å²) in [7, 11) is 1.60. The fourth-order valence-electron chi connectivity index (χ4n) is 2.40. The number of ether oxygens (including phenoxy) is 1. The Labute approximate surface area is 132 Å². The van der Waals surface area contributed by atoms with Crippen molar-refractivity contribution in [2.75, 3.05) is 7.11 Å². The average molecular weight is 315 g/mol. The minimum atomic E-state index is -0.389. The lowest BCUT2D eigenvalue weighted by molar-refractivity contribution is 0.414. The molecule has 0 fully saturated rings. The standard InChI is InChI=1S/C17H15ClN2O2/c1-11(18)16-19-15-6-4-3-5-14(15)17(21)20(16)12-7-9-13(22-2)10-8-12/h3-11H,1-2H3. The normalized spacial score (nSPS) is 12.3. The summed E-state index contributed by atoms with van der Waals surface area (Å²) in [5.41, 5.74) is 1.24. The van der Waals surface area contributed by atoms with Crippen LogP contribution in [0.15, 0.2) is 53.3 Å². The molecule has 2 aromatic carbocycles. The van der Waals surface area contributed by atoms with Gasteiger partial charge in [-0.2, -0.15) is 0 Å². The van der Waals surface area contributed by atoms with Crippen molar-refractivity contribution in [3.8, 4) is 11.4 Å². The molecule has 1 unspecified atom stereocenters. The summed E-state index contributed by atoms with van der Waals surface area (Å²) < 4.78 is 6.71. The number of benzene rings is 2. The van der Waals surface area contributed by atoms with E-state index in [2.05, 4.69) is 4.98 Å². The largest absolute Gasteiger partial charge is 0.497 e. The molecule has 1 atom stereocenters. The van der Waals surface area contributed by atoms with Crippen molar-refractivity contribution in [1.82, 2.24) is 9.55 Å². The van der Waals surface area contributed by atoms with E-state index in [0.717, 1.165) is 5.75 Å². The number of hydrogen-bond donors (Lipinski definition) is 0. The predicted molar refractivity (Wildman–Crippen MR) is 88.2 cm³/mol. The molecular weight excluding hydrogens is 300 g/mol. The van der Waals surface area contributed by atoms with Crippen LogP contribution in [0.25, 0.3) is 16.6 Å². The van der Waals surface area contributed by atoms with Crippen molar-refractivity contribution in [2.45, 2.75) is 12.3 Å². The van der Waals surface area contributed by atoms with Crippen molar-refractivity contribution < 1.29 is 4.74 Å². The summed E-state index contributed by atoms with van der Waals surface area (Å²) in [5.74, 6) is 1.25. The first-order valence-corrected chi connectivity index (χ1v) is 7.35. The molecule has 0 amide bonds. The highest BCUT2D eigenvalue weighted by Crippen LogP contribution is 2.23. The van der Waals surface area contributed by atoms with Crippen LogP contribution in [0.5, 0.6) is 5.75 Å². The lowest BCUT2D eigenvalue weighted by Crippen LogP contribution is -2.24. The van der Waals surface area contributed by atoms with Crippen LogP contribution >= 0.6 is 11.6 Å². The molecule has 0 aliphatic carbocycles. The van der Waals surface area contributed by atoms with Crippen LogP contribution in [0, 0.1) is 0 Å². The number of halogens is 1. The summed E-state index contributed by atoms with van der Waals surface area (Å²) in [5, 5.41) is 0.179. The van der Waals surface area contributed by atoms with Gasteiger partial charge in [0.1, 0.15) is 11.6 Å². The molecule has 3 aromatic rings. The maximum absolute atomic E-state index is 12.8. The van der Waals surface area contributed by atoms with Gasteiger partial charge < -0.3 is 4.74 Å². The Kier molecular flexibility index (Phi) is 3.86.